The van der Waals surface area contributed by atoms with Crippen LogP contribution in [0, 0.1) is 28.4 Å². The molecule has 8 rings (SSSR count). The van der Waals surface area contributed by atoms with Crippen LogP contribution in [0.15, 0.2) is 120 Å². The predicted octanol–water partition coefficient (Wildman–Crippen LogP) is 5.88. The number of fused-ring (bicyclic) bond motifs is 5. The van der Waals surface area contributed by atoms with Crippen molar-refractivity contribution in [3.05, 3.63) is 154 Å². The van der Waals surface area contributed by atoms with Crippen molar-refractivity contribution in [1.29, 1.82) is 0 Å². The van der Waals surface area contributed by atoms with Crippen LogP contribution in [0.1, 0.15) is 97.1 Å². The van der Waals surface area contributed by atoms with E-state index in [2.05, 4.69) is 5.32 Å². The maximum absolute atomic E-state index is 15.7. The zero-order valence-corrected chi connectivity index (χ0v) is 40.1. The van der Waals surface area contributed by atoms with E-state index in [1.807, 2.05) is 0 Å². The topological polar surface area (TPSA) is 227 Å². The third-order valence-corrected chi connectivity index (χ3v) is 14.9. The number of hydrogen-bond acceptors (Lipinski definition) is 15. The fourth-order valence-electron chi connectivity index (χ4n) is 11.1. The summed E-state index contributed by atoms with van der Waals surface area (Å²) < 4.78 is 66.2. The largest absolute Gasteiger partial charge is 0.455 e. The first-order chi connectivity index (χ1) is 34.1. The predicted molar refractivity (Wildman–Crippen MR) is 247 cm³/mol. The molecular formula is C54H53F2NO15. The molecule has 2 saturated carbocycles. The summed E-state index contributed by atoms with van der Waals surface area (Å²) in [5, 5.41) is 28.8. The minimum absolute atomic E-state index is 0.000664. The molecular weight excluding hydrogens is 941 g/mol. The molecule has 1 unspecified atom stereocenters. The molecule has 11 atom stereocenters. The van der Waals surface area contributed by atoms with Crippen molar-refractivity contribution in [1.82, 2.24) is 5.32 Å². The molecule has 4 aliphatic rings. The van der Waals surface area contributed by atoms with Crippen LogP contribution < -0.4 is 5.32 Å². The number of aliphatic hydroxyl groups is 2. The number of aliphatic hydroxyl groups excluding tert-OH is 1. The van der Waals surface area contributed by atoms with E-state index in [1.54, 1.807) is 54.6 Å². The van der Waals surface area contributed by atoms with Gasteiger partial charge in [-0.2, -0.15) is 0 Å². The van der Waals surface area contributed by atoms with Gasteiger partial charge < -0.3 is 44.0 Å². The number of ketones is 1. The quantitative estimate of drug-likeness (QED) is 0.0856. The third-order valence-electron chi connectivity index (χ3n) is 14.9. The molecule has 378 valence electrons. The Morgan fingerprint density at radius 1 is 0.778 bits per heavy atom. The summed E-state index contributed by atoms with van der Waals surface area (Å²) >= 11 is 0. The fourth-order valence-corrected chi connectivity index (χ4v) is 11.1. The van der Waals surface area contributed by atoms with Crippen molar-refractivity contribution in [2.75, 3.05) is 6.61 Å². The summed E-state index contributed by atoms with van der Waals surface area (Å²) in [5.41, 5.74) is -9.08. The van der Waals surface area contributed by atoms with Crippen LogP contribution in [0.4, 0.5) is 8.78 Å². The highest BCUT2D eigenvalue weighted by atomic mass is 19.2. The number of carbonyl (C=O) groups excluding carboxylic acids is 7. The zero-order chi connectivity index (χ0) is 52.1. The van der Waals surface area contributed by atoms with Crippen molar-refractivity contribution in [2.45, 2.75) is 108 Å². The van der Waals surface area contributed by atoms with Gasteiger partial charge in [-0.3, -0.25) is 19.2 Å². The van der Waals surface area contributed by atoms with E-state index in [9.17, 15) is 38.6 Å². The van der Waals surface area contributed by atoms with Crippen LogP contribution in [0.25, 0.3) is 0 Å². The summed E-state index contributed by atoms with van der Waals surface area (Å²) in [7, 11) is 0. The summed E-state index contributed by atoms with van der Waals surface area (Å²) in [6, 6.07) is 24.3. The molecule has 0 spiro atoms. The van der Waals surface area contributed by atoms with Gasteiger partial charge in [0, 0.05) is 37.7 Å². The van der Waals surface area contributed by atoms with Crippen LogP contribution in [-0.4, -0.2) is 106 Å². The maximum atomic E-state index is 15.7. The van der Waals surface area contributed by atoms with E-state index in [-0.39, 0.29) is 40.9 Å². The van der Waals surface area contributed by atoms with Gasteiger partial charge in [0.25, 0.3) is 5.91 Å². The molecule has 1 aliphatic heterocycles. The van der Waals surface area contributed by atoms with Gasteiger partial charge in [-0.25, -0.2) is 23.2 Å². The van der Waals surface area contributed by atoms with Crippen molar-refractivity contribution in [3.63, 3.8) is 0 Å². The molecule has 1 heterocycles. The monoisotopic (exact) mass is 993 g/mol. The van der Waals surface area contributed by atoms with Gasteiger partial charge in [0.15, 0.2) is 29.1 Å². The number of amides is 1. The molecule has 2 bridgehead atoms. The number of nitrogens with one attached hydrogen (secondary N) is 1. The number of Topliss-reactive ketones (excluding diaryl/α,β-unsaturated/α-hetero) is 1. The van der Waals surface area contributed by atoms with E-state index in [1.165, 1.54) is 64.1 Å². The van der Waals surface area contributed by atoms with Crippen LogP contribution in [0.3, 0.4) is 0 Å². The Balaban J connectivity index is 1.32. The average molecular weight is 994 g/mol. The Morgan fingerprint density at radius 2 is 1.39 bits per heavy atom. The average Bonchev–Trinajstić information content (AvgIpc) is 3.34. The first-order valence-electron chi connectivity index (χ1n) is 23.2. The van der Waals surface area contributed by atoms with Crippen molar-refractivity contribution in [3.8, 4) is 0 Å². The SMILES string of the molecule is CC(=O)O[C@H]1C(=O)[C@@]2(C)C([C@H](OC(=O)c3ccccc3)[C@]3(O)C[C@H](OC(=O)[C@H](OC(=O)c4cccc(F)c4F)[C@@H](NC(=O)c4ccccc4)c4ccccc4)C(C)=C1C3(C)C)[C@]1(OC(C)=O)CO[C@@H]1C[C@@H]2O. The maximum Gasteiger partial charge on any atom is 0.350 e. The lowest BCUT2D eigenvalue weighted by molar-refractivity contribution is -0.346. The number of carbonyl (C=O) groups is 7. The minimum Gasteiger partial charge on any atom is -0.455 e. The molecule has 72 heavy (non-hydrogen) atoms. The molecule has 1 saturated heterocycles. The molecule has 1 amide bonds. The van der Waals surface area contributed by atoms with Crippen LogP contribution in [0.2, 0.25) is 0 Å². The van der Waals surface area contributed by atoms with Gasteiger partial charge in [-0.15, -0.1) is 0 Å². The Kier molecular flexibility index (Phi) is 13.8. The smallest absolute Gasteiger partial charge is 0.350 e. The van der Waals surface area contributed by atoms with Crippen molar-refractivity contribution in [2.24, 2.45) is 16.7 Å². The second kappa shape index (κ2) is 19.5. The van der Waals surface area contributed by atoms with E-state index in [4.69, 9.17) is 28.4 Å². The highest BCUT2D eigenvalue weighted by Gasteiger charge is 2.78. The van der Waals surface area contributed by atoms with Gasteiger partial charge in [-0.05, 0) is 67.0 Å². The van der Waals surface area contributed by atoms with Gasteiger partial charge in [0.05, 0.1) is 35.2 Å². The first-order valence-corrected chi connectivity index (χ1v) is 23.2. The summed E-state index contributed by atoms with van der Waals surface area (Å²) in [5.74, 6) is -12.1. The number of ether oxygens (including phenoxy) is 6. The minimum atomic E-state index is -2.55. The van der Waals surface area contributed by atoms with Gasteiger partial charge in [0.1, 0.15) is 30.0 Å². The molecule has 0 aromatic heterocycles. The third kappa shape index (κ3) is 8.74. The standard InChI is InChI=1S/C54H53F2NO15/c1-28-36(69-50(65)43(70-49(64)34-23-16-24-35(55)40(34)56)41(31-17-10-7-11-18-31)57-47(62)32-19-12-8-13-20-32)26-54(66)46(71-48(63)33-21-14-9-15-22-33)44-52(6,37(60)25-38-53(44,27-67-38)72-30(3)59)45(61)42(68-29(2)58)39(28)51(54,4)5/h7-24,36-38,41-44,46,60,66H,25-27H2,1-6H3,(H,57,62)/t36-,37-,38+,41-,42+,43+,44?,46-,52+,53-,54+/m0/s1. The van der Waals surface area contributed by atoms with E-state index < -0.39 is 136 Å². The van der Waals surface area contributed by atoms with Crippen molar-refractivity contribution >= 4 is 41.5 Å². The molecule has 16 nitrogen and oxygen atoms in total. The Bertz CT molecular complexity index is 2840. The zero-order valence-electron chi connectivity index (χ0n) is 40.1. The lowest BCUT2D eigenvalue weighted by Crippen LogP contribution is -2.82. The summed E-state index contributed by atoms with van der Waals surface area (Å²) in [4.78, 5) is 99.6. The Morgan fingerprint density at radius 3 is 1.97 bits per heavy atom. The summed E-state index contributed by atoms with van der Waals surface area (Å²) in [6.07, 6.45) is -11.6. The Labute approximate surface area is 412 Å². The number of halogens is 2. The normalized spacial score (nSPS) is 28.9. The first kappa shape index (κ1) is 51.2. The van der Waals surface area contributed by atoms with Gasteiger partial charge >= 0.3 is 29.8 Å². The van der Waals surface area contributed by atoms with Gasteiger partial charge in [-0.1, -0.05) is 86.6 Å². The molecule has 0 radical (unpaired) electrons. The summed E-state index contributed by atoms with van der Waals surface area (Å²) in [6.45, 7) is 7.53. The second-order valence-corrected chi connectivity index (χ2v) is 19.3. The molecule has 4 aromatic rings. The highest BCUT2D eigenvalue weighted by molar-refractivity contribution is 5.97. The molecule has 3 aliphatic carbocycles. The lowest BCUT2D eigenvalue weighted by Gasteiger charge is -2.67. The molecule has 3 fully saturated rings. The lowest BCUT2D eigenvalue weighted by atomic mass is 9.44. The van der Waals surface area contributed by atoms with E-state index >= 15 is 14.0 Å². The van der Waals surface area contributed by atoms with E-state index in [0.29, 0.717) is 0 Å². The van der Waals surface area contributed by atoms with Crippen molar-refractivity contribution < 1.29 is 81.0 Å². The molecule has 3 N–H and O–H groups in total. The second-order valence-electron chi connectivity index (χ2n) is 19.3. The number of benzene rings is 4. The van der Waals surface area contributed by atoms with E-state index in [0.717, 1.165) is 32.0 Å². The highest BCUT2D eigenvalue weighted by Crippen LogP contribution is 2.64. The van der Waals surface area contributed by atoms with Crippen LogP contribution in [0.5, 0.6) is 0 Å². The number of hydrogen-bond donors (Lipinski definition) is 3. The van der Waals surface area contributed by atoms with Gasteiger partial charge in [0.2, 0.25) is 6.10 Å². The molecule has 4 aromatic carbocycles. The number of esters is 5. The fraction of sp³-hybridized carbons (Fsp3) is 0.389. The van der Waals surface area contributed by atoms with Crippen LogP contribution in [-0.2, 0) is 47.6 Å². The number of rotatable bonds is 12. The Hall–Kier alpha value is -7.15. The molecule has 18 heteroatoms. The van der Waals surface area contributed by atoms with Crippen LogP contribution >= 0.6 is 0 Å².